The lowest BCUT2D eigenvalue weighted by Gasteiger charge is -2.32. The number of nitrogens with zero attached hydrogens (tertiary/aromatic N) is 1. The van der Waals surface area contributed by atoms with Gasteiger partial charge in [-0.15, -0.1) is 11.6 Å². The Kier molecular flexibility index (Phi) is 8.31. The molecule has 138 valence electrons. The fourth-order valence-corrected chi connectivity index (χ4v) is 2.53. The third-order valence-corrected chi connectivity index (χ3v) is 3.80. The molecule has 1 aliphatic rings. The van der Waals surface area contributed by atoms with Crippen molar-refractivity contribution in [3.63, 3.8) is 0 Å². The van der Waals surface area contributed by atoms with Gasteiger partial charge in [-0.1, -0.05) is 0 Å². The smallest absolute Gasteiger partial charge is 0.408 e. The fraction of sp³-hybridized carbons (Fsp3) is 0.812. The van der Waals surface area contributed by atoms with Crippen LogP contribution in [0.1, 0.15) is 46.5 Å². The molecule has 0 unspecified atom stereocenters. The summed E-state index contributed by atoms with van der Waals surface area (Å²) in [5, 5.41) is 5.30. The van der Waals surface area contributed by atoms with Gasteiger partial charge in [0.05, 0.1) is 0 Å². The van der Waals surface area contributed by atoms with Crippen LogP contribution in [0.3, 0.4) is 0 Å². The first-order chi connectivity index (χ1) is 11.2. The summed E-state index contributed by atoms with van der Waals surface area (Å²) in [7, 11) is 0. The summed E-state index contributed by atoms with van der Waals surface area (Å²) in [4.78, 5) is 37.1. The first-order valence-electron chi connectivity index (χ1n) is 8.31. The van der Waals surface area contributed by atoms with Gasteiger partial charge in [0.25, 0.3) is 0 Å². The minimum Gasteiger partial charge on any atom is -0.444 e. The van der Waals surface area contributed by atoms with E-state index in [0.717, 1.165) is 0 Å². The van der Waals surface area contributed by atoms with Crippen molar-refractivity contribution in [2.24, 2.45) is 0 Å². The zero-order chi connectivity index (χ0) is 18.2. The van der Waals surface area contributed by atoms with Gasteiger partial charge < -0.3 is 20.3 Å². The number of rotatable bonds is 6. The normalized spacial score (nSPS) is 15.8. The minimum absolute atomic E-state index is 0.0232. The molecule has 0 radical (unpaired) electrons. The van der Waals surface area contributed by atoms with Crippen LogP contribution in [0.25, 0.3) is 0 Å². The van der Waals surface area contributed by atoms with Crippen LogP contribution in [-0.2, 0) is 14.3 Å². The molecule has 0 atom stereocenters. The lowest BCUT2D eigenvalue weighted by Crippen LogP contribution is -2.49. The SMILES string of the molecule is CC(C)(C)OC(=O)NCC(=O)NC1CCN(C(=O)CCCCl)CC1. The molecule has 0 aromatic rings. The van der Waals surface area contributed by atoms with Crippen molar-refractivity contribution in [2.75, 3.05) is 25.5 Å². The maximum Gasteiger partial charge on any atom is 0.408 e. The van der Waals surface area contributed by atoms with E-state index in [1.165, 1.54) is 0 Å². The maximum atomic E-state index is 11.9. The van der Waals surface area contributed by atoms with Crippen LogP contribution in [0.4, 0.5) is 4.79 Å². The van der Waals surface area contributed by atoms with Crippen molar-refractivity contribution in [2.45, 2.75) is 58.1 Å². The molecule has 7 nitrogen and oxygen atoms in total. The second kappa shape index (κ2) is 9.71. The van der Waals surface area contributed by atoms with Crippen molar-refractivity contribution in [3.05, 3.63) is 0 Å². The van der Waals surface area contributed by atoms with Crippen molar-refractivity contribution >= 4 is 29.5 Å². The summed E-state index contributed by atoms with van der Waals surface area (Å²) in [5.41, 5.74) is -0.594. The molecule has 1 aliphatic heterocycles. The lowest BCUT2D eigenvalue weighted by molar-refractivity contribution is -0.132. The Morgan fingerprint density at radius 1 is 1.21 bits per heavy atom. The number of carbonyl (C=O) groups is 3. The van der Waals surface area contributed by atoms with Gasteiger partial charge in [-0.05, 0) is 40.0 Å². The standard InChI is InChI=1S/C16H28ClN3O4/c1-16(2,3)24-15(23)18-11-13(21)19-12-6-9-20(10-7-12)14(22)5-4-8-17/h12H,4-11H2,1-3H3,(H,18,23)(H,19,21). The van der Waals surface area contributed by atoms with Crippen LogP contribution in [-0.4, -0.2) is 60.0 Å². The van der Waals surface area contributed by atoms with E-state index in [2.05, 4.69) is 10.6 Å². The number of carbonyl (C=O) groups excluding carboxylic acids is 3. The van der Waals surface area contributed by atoms with E-state index in [-0.39, 0.29) is 24.4 Å². The van der Waals surface area contributed by atoms with Gasteiger partial charge >= 0.3 is 6.09 Å². The fourth-order valence-electron chi connectivity index (χ4n) is 2.39. The van der Waals surface area contributed by atoms with Crippen LogP contribution in [0.2, 0.25) is 0 Å². The van der Waals surface area contributed by atoms with E-state index >= 15 is 0 Å². The van der Waals surface area contributed by atoms with E-state index in [9.17, 15) is 14.4 Å². The van der Waals surface area contributed by atoms with Crippen LogP contribution < -0.4 is 10.6 Å². The number of ether oxygens (including phenoxy) is 1. The van der Waals surface area contributed by atoms with Gasteiger partial charge in [-0.3, -0.25) is 9.59 Å². The van der Waals surface area contributed by atoms with Crippen molar-refractivity contribution < 1.29 is 19.1 Å². The molecule has 1 heterocycles. The summed E-state index contributed by atoms with van der Waals surface area (Å²) in [6.07, 6.45) is 1.97. The zero-order valence-corrected chi connectivity index (χ0v) is 15.4. The minimum atomic E-state index is -0.614. The highest BCUT2D eigenvalue weighted by molar-refractivity contribution is 6.17. The molecule has 3 amide bonds. The van der Waals surface area contributed by atoms with Crippen LogP contribution in [0.5, 0.6) is 0 Å². The number of amides is 3. The third kappa shape index (κ3) is 8.38. The van der Waals surface area contributed by atoms with E-state index in [1.807, 2.05) is 4.90 Å². The molecule has 8 heteroatoms. The summed E-state index contributed by atoms with van der Waals surface area (Å²) >= 11 is 5.60. The largest absolute Gasteiger partial charge is 0.444 e. The van der Waals surface area contributed by atoms with Gasteiger partial charge in [0, 0.05) is 31.4 Å². The van der Waals surface area contributed by atoms with E-state index in [0.29, 0.717) is 44.7 Å². The molecule has 0 aromatic carbocycles. The number of alkyl halides is 1. The van der Waals surface area contributed by atoms with Crippen molar-refractivity contribution in [3.8, 4) is 0 Å². The molecular weight excluding hydrogens is 334 g/mol. The Hall–Kier alpha value is -1.50. The summed E-state index contributed by atoms with van der Waals surface area (Å²) < 4.78 is 5.07. The van der Waals surface area contributed by atoms with Crippen molar-refractivity contribution in [1.29, 1.82) is 0 Å². The highest BCUT2D eigenvalue weighted by Crippen LogP contribution is 2.12. The average Bonchev–Trinajstić information content (AvgIpc) is 2.49. The molecule has 0 spiro atoms. The van der Waals surface area contributed by atoms with Crippen LogP contribution in [0.15, 0.2) is 0 Å². The predicted molar refractivity (Wildman–Crippen MR) is 91.9 cm³/mol. The molecule has 0 bridgehead atoms. The molecule has 24 heavy (non-hydrogen) atoms. The Morgan fingerprint density at radius 2 is 1.83 bits per heavy atom. The van der Waals surface area contributed by atoms with Gasteiger partial charge in [-0.2, -0.15) is 0 Å². The summed E-state index contributed by atoms with van der Waals surface area (Å²) in [6, 6.07) is 0.0232. The Balaban J connectivity index is 2.23. The summed E-state index contributed by atoms with van der Waals surface area (Å²) in [5.74, 6) is 0.350. The maximum absolute atomic E-state index is 11.9. The van der Waals surface area contributed by atoms with Crippen LogP contribution in [0, 0.1) is 0 Å². The first-order valence-corrected chi connectivity index (χ1v) is 8.84. The molecular formula is C16H28ClN3O4. The Bertz CT molecular complexity index is 443. The van der Waals surface area contributed by atoms with E-state index in [1.54, 1.807) is 20.8 Å². The average molecular weight is 362 g/mol. The first kappa shape index (κ1) is 20.5. The van der Waals surface area contributed by atoms with Gasteiger partial charge in [-0.25, -0.2) is 4.79 Å². The number of nitrogens with one attached hydrogen (secondary N) is 2. The third-order valence-electron chi connectivity index (χ3n) is 3.53. The van der Waals surface area contributed by atoms with Gasteiger partial charge in [0.15, 0.2) is 0 Å². The highest BCUT2D eigenvalue weighted by atomic mass is 35.5. The van der Waals surface area contributed by atoms with Crippen LogP contribution >= 0.6 is 11.6 Å². The quantitative estimate of drug-likeness (QED) is 0.704. The number of likely N-dealkylation sites (tertiary alicyclic amines) is 1. The number of hydrogen-bond donors (Lipinski definition) is 2. The Labute approximate surface area is 148 Å². The second-order valence-electron chi connectivity index (χ2n) is 6.87. The number of hydrogen-bond acceptors (Lipinski definition) is 4. The number of alkyl carbamates (subject to hydrolysis) is 1. The molecule has 1 fully saturated rings. The zero-order valence-electron chi connectivity index (χ0n) is 14.7. The van der Waals surface area contributed by atoms with E-state index < -0.39 is 11.7 Å². The molecule has 0 saturated carbocycles. The molecule has 2 N–H and O–H groups in total. The van der Waals surface area contributed by atoms with E-state index in [4.69, 9.17) is 16.3 Å². The van der Waals surface area contributed by atoms with Gasteiger partial charge in [0.2, 0.25) is 11.8 Å². The topological polar surface area (TPSA) is 87.7 Å². The molecule has 1 rings (SSSR count). The number of halogens is 1. The molecule has 0 aromatic heterocycles. The molecule has 0 aliphatic carbocycles. The Morgan fingerprint density at radius 3 is 2.38 bits per heavy atom. The monoisotopic (exact) mass is 361 g/mol. The number of piperidine rings is 1. The summed E-state index contributed by atoms with van der Waals surface area (Å²) in [6.45, 7) is 6.42. The van der Waals surface area contributed by atoms with Crippen molar-refractivity contribution in [1.82, 2.24) is 15.5 Å². The predicted octanol–water partition coefficient (Wildman–Crippen LogP) is 1.64. The lowest BCUT2D eigenvalue weighted by atomic mass is 10.0. The van der Waals surface area contributed by atoms with Gasteiger partial charge in [0.1, 0.15) is 12.1 Å². The molecule has 1 saturated heterocycles. The second-order valence-corrected chi connectivity index (χ2v) is 7.25. The highest BCUT2D eigenvalue weighted by Gasteiger charge is 2.24.